The molecule has 6 nitrogen and oxygen atoms in total. The second-order valence-corrected chi connectivity index (χ2v) is 9.70. The van der Waals surface area contributed by atoms with E-state index in [1.54, 1.807) is 6.92 Å². The lowest BCUT2D eigenvalue weighted by molar-refractivity contribution is -0.530. The van der Waals surface area contributed by atoms with Gasteiger partial charge in [-0.1, -0.05) is 48.0 Å². The third kappa shape index (κ3) is 4.91. The average molecular weight is 430 g/mol. The molecule has 0 bridgehead atoms. The molecular formula is C23H31N3O3S. The summed E-state index contributed by atoms with van der Waals surface area (Å²) in [6.45, 7) is 10.6. The van der Waals surface area contributed by atoms with Gasteiger partial charge in [0.05, 0.1) is 6.04 Å². The summed E-state index contributed by atoms with van der Waals surface area (Å²) in [7, 11) is -3.18. The molecule has 0 N–H and O–H groups in total. The molecule has 0 radical (unpaired) electrons. The van der Waals surface area contributed by atoms with Gasteiger partial charge in [-0.3, -0.25) is 9.48 Å². The number of nitrogens with zero attached hydrogens (tertiary/aromatic N) is 3. The van der Waals surface area contributed by atoms with Crippen LogP contribution in [0.4, 0.5) is 0 Å². The number of benzene rings is 2. The second kappa shape index (κ2) is 8.88. The average Bonchev–Trinajstić information content (AvgIpc) is 3.12. The van der Waals surface area contributed by atoms with E-state index in [2.05, 4.69) is 48.7 Å². The van der Waals surface area contributed by atoms with Gasteiger partial charge in [-0.05, 0) is 49.9 Å². The third-order valence-electron chi connectivity index (χ3n) is 6.04. The van der Waals surface area contributed by atoms with E-state index in [1.807, 2.05) is 30.3 Å². The Morgan fingerprint density at radius 2 is 1.73 bits per heavy atom. The lowest BCUT2D eigenvalue weighted by atomic mass is 9.99. The number of likely N-dealkylation sites (N-methyl/N-ethyl adjacent to an activating group) is 1. The van der Waals surface area contributed by atoms with Gasteiger partial charge in [0.15, 0.2) is 10.3 Å². The van der Waals surface area contributed by atoms with Gasteiger partial charge in [-0.25, -0.2) is 12.7 Å². The first-order valence-corrected chi connectivity index (χ1v) is 11.6. The maximum absolute atomic E-state index is 11.7. The van der Waals surface area contributed by atoms with Crippen LogP contribution in [0.5, 0.6) is 0 Å². The summed E-state index contributed by atoms with van der Waals surface area (Å²) in [5, 5.41) is 0. The van der Waals surface area contributed by atoms with Crippen molar-refractivity contribution in [2.75, 3.05) is 20.1 Å². The molecule has 0 unspecified atom stereocenters. The summed E-state index contributed by atoms with van der Waals surface area (Å²) in [6.07, 6.45) is 2.08. The van der Waals surface area contributed by atoms with Crippen LogP contribution in [0.15, 0.2) is 42.5 Å². The molecule has 2 aromatic rings. The highest BCUT2D eigenvalue weighted by Gasteiger charge is 2.36. The topological polar surface area (TPSA) is 66.7 Å². The Morgan fingerprint density at radius 3 is 2.30 bits per heavy atom. The van der Waals surface area contributed by atoms with Crippen molar-refractivity contribution >= 4 is 16.6 Å². The molecule has 0 spiro atoms. The Kier molecular flexibility index (Phi) is 6.65. The maximum atomic E-state index is 11.7. The molecule has 1 aliphatic heterocycles. The van der Waals surface area contributed by atoms with Gasteiger partial charge in [0, 0.05) is 7.05 Å². The molecule has 2 aromatic carbocycles. The standard InChI is InChI=1S/C23H31N3O3S/c1-17-13-18(2)22(19(3)14-17)15-25-11-12-26(16-25)23(21-9-7-6-8-10-21)20(4)24(5)30(27,28)29/h6-10,13-14,16,20,23H,11-12,15H2,1-5H3/t20-,23-/m1/s1. The molecule has 7 heteroatoms. The highest BCUT2D eigenvalue weighted by Crippen LogP contribution is 2.29. The van der Waals surface area contributed by atoms with Crippen molar-refractivity contribution in [3.8, 4) is 0 Å². The molecule has 0 fully saturated rings. The van der Waals surface area contributed by atoms with E-state index in [4.69, 9.17) is 0 Å². The number of aryl methyl sites for hydroxylation is 3. The van der Waals surface area contributed by atoms with Gasteiger partial charge in [-0.2, -0.15) is 0 Å². The van der Waals surface area contributed by atoms with Gasteiger partial charge in [-0.15, -0.1) is 0 Å². The second-order valence-electron chi connectivity index (χ2n) is 8.27. The monoisotopic (exact) mass is 429 g/mol. The van der Waals surface area contributed by atoms with Crippen LogP contribution in [0.3, 0.4) is 0 Å². The largest absolute Gasteiger partial charge is 0.735 e. The van der Waals surface area contributed by atoms with Crippen LogP contribution < -0.4 is 0 Å². The highest BCUT2D eigenvalue weighted by molar-refractivity contribution is 7.83. The first-order chi connectivity index (χ1) is 14.1. The Morgan fingerprint density at radius 1 is 1.13 bits per heavy atom. The summed E-state index contributed by atoms with van der Waals surface area (Å²) in [5.74, 6) is 0. The first-order valence-electron chi connectivity index (χ1n) is 10.2. The van der Waals surface area contributed by atoms with Gasteiger partial charge in [0.2, 0.25) is 6.34 Å². The van der Waals surface area contributed by atoms with Gasteiger partial charge in [0.1, 0.15) is 25.7 Å². The van der Waals surface area contributed by atoms with Crippen molar-refractivity contribution in [1.29, 1.82) is 0 Å². The van der Waals surface area contributed by atoms with Crippen LogP contribution in [0, 0.1) is 20.8 Å². The smallest absolute Gasteiger partial charge is 0.235 e. The van der Waals surface area contributed by atoms with Crippen LogP contribution in [-0.4, -0.2) is 59.3 Å². The van der Waals surface area contributed by atoms with E-state index in [-0.39, 0.29) is 6.04 Å². The van der Waals surface area contributed by atoms with Crippen molar-refractivity contribution in [1.82, 2.24) is 9.21 Å². The highest BCUT2D eigenvalue weighted by atomic mass is 32.2. The molecule has 0 saturated heterocycles. The minimum Gasteiger partial charge on any atom is -0.735 e. The zero-order valence-electron chi connectivity index (χ0n) is 18.4. The Bertz CT molecular complexity index is 1010. The summed E-state index contributed by atoms with van der Waals surface area (Å²) in [5.41, 5.74) is 6.14. The quantitative estimate of drug-likeness (QED) is 0.501. The molecule has 1 heterocycles. The first kappa shape index (κ1) is 22.5. The Labute approximate surface area is 180 Å². The van der Waals surface area contributed by atoms with E-state index >= 15 is 0 Å². The predicted molar refractivity (Wildman–Crippen MR) is 118 cm³/mol. The molecular weight excluding hydrogens is 398 g/mol. The molecule has 0 amide bonds. The molecule has 0 aromatic heterocycles. The Balaban J connectivity index is 1.91. The molecule has 30 heavy (non-hydrogen) atoms. The number of rotatable bonds is 7. The zero-order chi connectivity index (χ0) is 22.1. The zero-order valence-corrected chi connectivity index (χ0v) is 19.2. The molecule has 162 valence electrons. The number of hydrogen-bond donors (Lipinski definition) is 0. The van der Waals surface area contributed by atoms with E-state index < -0.39 is 16.3 Å². The van der Waals surface area contributed by atoms with Crippen LogP contribution >= 0.6 is 0 Å². The predicted octanol–water partition coefficient (Wildman–Crippen LogP) is 2.99. The minimum absolute atomic E-state index is 0.245. The fourth-order valence-corrected chi connectivity index (χ4v) is 4.88. The molecule has 1 aliphatic rings. The maximum Gasteiger partial charge on any atom is 0.235 e. The molecule has 2 atom stereocenters. The Hall–Kier alpha value is -2.22. The SMILES string of the molecule is Cc1cc(C)c(C[N+]2=CN([C@@H](c3ccccc3)[C@@H](C)N(C)S(=O)(=O)[O-])CC2)c(C)c1. The lowest BCUT2D eigenvalue weighted by Crippen LogP contribution is -2.44. The van der Waals surface area contributed by atoms with Crippen LogP contribution in [-0.2, 0) is 16.8 Å². The fourth-order valence-electron chi connectivity index (χ4n) is 4.36. The fraction of sp³-hybridized carbons (Fsp3) is 0.435. The normalized spacial score (nSPS) is 16.6. The summed E-state index contributed by atoms with van der Waals surface area (Å²) in [6, 6.07) is 13.4. The summed E-state index contributed by atoms with van der Waals surface area (Å²) >= 11 is 0. The van der Waals surface area contributed by atoms with Crippen LogP contribution in [0.1, 0.15) is 40.8 Å². The van der Waals surface area contributed by atoms with E-state index in [0.29, 0.717) is 0 Å². The van der Waals surface area contributed by atoms with Crippen molar-refractivity contribution in [3.05, 3.63) is 70.3 Å². The van der Waals surface area contributed by atoms with E-state index in [1.165, 1.54) is 29.3 Å². The van der Waals surface area contributed by atoms with Gasteiger partial charge < -0.3 is 4.55 Å². The number of hydrogen-bond acceptors (Lipinski definition) is 4. The van der Waals surface area contributed by atoms with Gasteiger partial charge >= 0.3 is 0 Å². The summed E-state index contributed by atoms with van der Waals surface area (Å²) in [4.78, 5) is 2.15. The molecule has 0 saturated carbocycles. The van der Waals surface area contributed by atoms with Crippen LogP contribution in [0.2, 0.25) is 0 Å². The van der Waals surface area contributed by atoms with Crippen LogP contribution in [0.25, 0.3) is 0 Å². The van der Waals surface area contributed by atoms with E-state index in [9.17, 15) is 13.0 Å². The van der Waals surface area contributed by atoms with Crippen molar-refractivity contribution in [2.24, 2.45) is 0 Å². The van der Waals surface area contributed by atoms with Gasteiger partial charge in [0.25, 0.3) is 0 Å². The van der Waals surface area contributed by atoms with Crippen molar-refractivity contribution < 1.29 is 17.5 Å². The minimum atomic E-state index is -4.53. The third-order valence-corrected chi connectivity index (χ3v) is 7.08. The summed E-state index contributed by atoms with van der Waals surface area (Å²) < 4.78 is 38.2. The van der Waals surface area contributed by atoms with E-state index in [0.717, 1.165) is 29.5 Å². The van der Waals surface area contributed by atoms with Crippen molar-refractivity contribution in [3.63, 3.8) is 0 Å². The lowest BCUT2D eigenvalue weighted by Gasteiger charge is -2.34. The molecule has 3 rings (SSSR count). The molecule has 0 aliphatic carbocycles. The van der Waals surface area contributed by atoms with Crippen molar-refractivity contribution in [2.45, 2.75) is 46.3 Å².